The molecular formula is C11H22N2O2. The van der Waals surface area contributed by atoms with E-state index in [1.165, 1.54) is 6.92 Å². The fourth-order valence-electron chi connectivity index (χ4n) is 1.92. The summed E-state index contributed by atoms with van der Waals surface area (Å²) in [6, 6.07) is 0.516. The predicted molar refractivity (Wildman–Crippen MR) is 59.7 cm³/mol. The molecule has 0 bridgehead atoms. The Morgan fingerprint density at radius 3 is 2.80 bits per heavy atom. The minimum Gasteiger partial charge on any atom is -0.375 e. The summed E-state index contributed by atoms with van der Waals surface area (Å²) in [7, 11) is 0. The van der Waals surface area contributed by atoms with Crippen molar-refractivity contribution in [3.63, 3.8) is 0 Å². The lowest BCUT2D eigenvalue weighted by Crippen LogP contribution is -2.45. The van der Waals surface area contributed by atoms with Crippen LogP contribution in [0.25, 0.3) is 0 Å². The second-order valence-corrected chi connectivity index (χ2v) is 4.73. The maximum atomic E-state index is 10.6. The van der Waals surface area contributed by atoms with Crippen LogP contribution in [0.5, 0.6) is 0 Å². The molecule has 0 aliphatic carbocycles. The molecule has 0 saturated carbocycles. The average Bonchev–Trinajstić information content (AvgIpc) is 2.10. The van der Waals surface area contributed by atoms with Gasteiger partial charge in [0.15, 0.2) is 0 Å². The highest BCUT2D eigenvalue weighted by molar-refractivity contribution is 5.72. The first-order chi connectivity index (χ1) is 6.99. The highest BCUT2D eigenvalue weighted by Gasteiger charge is 2.28. The van der Waals surface area contributed by atoms with Crippen molar-refractivity contribution in [2.75, 3.05) is 19.7 Å². The molecule has 1 heterocycles. The molecule has 1 saturated heterocycles. The van der Waals surface area contributed by atoms with Gasteiger partial charge in [-0.05, 0) is 26.7 Å². The van der Waals surface area contributed by atoms with E-state index in [1.54, 1.807) is 0 Å². The Bertz CT molecular complexity index is 217. The monoisotopic (exact) mass is 214 g/mol. The van der Waals surface area contributed by atoms with E-state index in [4.69, 9.17) is 4.74 Å². The van der Waals surface area contributed by atoms with Crippen molar-refractivity contribution < 1.29 is 9.53 Å². The summed E-state index contributed by atoms with van der Waals surface area (Å²) in [4.78, 5) is 10.6. The molecule has 2 N–H and O–H groups in total. The molecule has 0 aromatic carbocycles. The molecule has 0 radical (unpaired) electrons. The lowest BCUT2D eigenvalue weighted by Gasteiger charge is -2.36. The Hall–Kier alpha value is -0.610. The second-order valence-electron chi connectivity index (χ2n) is 4.73. The number of ether oxygens (including phenoxy) is 1. The van der Waals surface area contributed by atoms with Gasteiger partial charge in [-0.25, -0.2) is 0 Å². The van der Waals surface area contributed by atoms with Crippen LogP contribution in [0.4, 0.5) is 0 Å². The van der Waals surface area contributed by atoms with Crippen LogP contribution >= 0.6 is 0 Å². The van der Waals surface area contributed by atoms with Crippen molar-refractivity contribution in [1.29, 1.82) is 0 Å². The van der Waals surface area contributed by atoms with Crippen molar-refractivity contribution in [3.05, 3.63) is 0 Å². The molecule has 1 rings (SSSR count). The third-order valence-corrected chi connectivity index (χ3v) is 2.63. The molecule has 4 nitrogen and oxygen atoms in total. The number of nitrogens with one attached hydrogen (secondary N) is 2. The molecule has 4 heteroatoms. The quantitative estimate of drug-likeness (QED) is 0.676. The normalized spacial score (nSPS) is 24.9. The molecule has 1 aliphatic heterocycles. The van der Waals surface area contributed by atoms with Crippen molar-refractivity contribution in [1.82, 2.24) is 10.6 Å². The fourth-order valence-corrected chi connectivity index (χ4v) is 1.92. The van der Waals surface area contributed by atoms with E-state index in [0.717, 1.165) is 26.0 Å². The van der Waals surface area contributed by atoms with Gasteiger partial charge < -0.3 is 15.4 Å². The summed E-state index contributed by atoms with van der Waals surface area (Å²) in [5.41, 5.74) is -0.01000. The van der Waals surface area contributed by atoms with Gasteiger partial charge >= 0.3 is 0 Å². The van der Waals surface area contributed by atoms with Crippen LogP contribution in [-0.2, 0) is 9.53 Å². The Morgan fingerprint density at radius 1 is 1.47 bits per heavy atom. The highest BCUT2D eigenvalue weighted by atomic mass is 16.5. The van der Waals surface area contributed by atoms with E-state index in [1.807, 2.05) is 0 Å². The summed E-state index contributed by atoms with van der Waals surface area (Å²) in [6.45, 7) is 8.14. The molecule has 1 unspecified atom stereocenters. The van der Waals surface area contributed by atoms with Gasteiger partial charge in [-0.3, -0.25) is 4.79 Å². The molecule has 15 heavy (non-hydrogen) atoms. The van der Waals surface area contributed by atoms with Gasteiger partial charge in [0.05, 0.1) is 5.60 Å². The molecular weight excluding hydrogens is 192 g/mol. The van der Waals surface area contributed by atoms with E-state index in [2.05, 4.69) is 24.5 Å². The predicted octanol–water partition coefficient (Wildman–Crippen LogP) is 0.670. The van der Waals surface area contributed by atoms with Gasteiger partial charge in [0.2, 0.25) is 5.91 Å². The summed E-state index contributed by atoms with van der Waals surface area (Å²) in [6.07, 6.45) is 2.09. The van der Waals surface area contributed by atoms with Crippen LogP contribution < -0.4 is 10.6 Å². The van der Waals surface area contributed by atoms with Gasteiger partial charge in [0, 0.05) is 32.7 Å². The zero-order valence-corrected chi connectivity index (χ0v) is 9.93. The fraction of sp³-hybridized carbons (Fsp3) is 0.909. The zero-order chi connectivity index (χ0) is 11.3. The standard InChI is InChI=1S/C11H22N2O2/c1-9(14)12-5-6-13-10-4-7-15-11(2,3)8-10/h10,13H,4-8H2,1-3H3,(H,12,14). The minimum absolute atomic E-state index is 0.01000. The van der Waals surface area contributed by atoms with Crippen LogP contribution in [0, 0.1) is 0 Å². The molecule has 0 aromatic heterocycles. The number of amides is 1. The Labute approximate surface area is 91.8 Å². The summed E-state index contributed by atoms with van der Waals surface area (Å²) in [5, 5.41) is 6.21. The first-order valence-corrected chi connectivity index (χ1v) is 5.61. The largest absolute Gasteiger partial charge is 0.375 e. The number of hydrogen-bond acceptors (Lipinski definition) is 3. The zero-order valence-electron chi connectivity index (χ0n) is 9.93. The number of carbonyl (C=O) groups is 1. The van der Waals surface area contributed by atoms with Gasteiger partial charge in [-0.1, -0.05) is 0 Å². The van der Waals surface area contributed by atoms with Crippen molar-refractivity contribution >= 4 is 5.91 Å². The van der Waals surface area contributed by atoms with Crippen LogP contribution in [-0.4, -0.2) is 37.2 Å². The minimum atomic E-state index is -0.01000. The Balaban J connectivity index is 2.13. The van der Waals surface area contributed by atoms with E-state index in [-0.39, 0.29) is 11.5 Å². The van der Waals surface area contributed by atoms with Gasteiger partial charge in [0.25, 0.3) is 0 Å². The third-order valence-electron chi connectivity index (χ3n) is 2.63. The number of carbonyl (C=O) groups excluding carboxylic acids is 1. The van der Waals surface area contributed by atoms with Crippen LogP contribution in [0.1, 0.15) is 33.6 Å². The molecule has 1 fully saturated rings. The van der Waals surface area contributed by atoms with E-state index >= 15 is 0 Å². The summed E-state index contributed by atoms with van der Waals surface area (Å²) >= 11 is 0. The van der Waals surface area contributed by atoms with Gasteiger partial charge in [-0.2, -0.15) is 0 Å². The Morgan fingerprint density at radius 2 is 2.20 bits per heavy atom. The summed E-state index contributed by atoms with van der Waals surface area (Å²) in [5.74, 6) is 0.0316. The van der Waals surface area contributed by atoms with Crippen molar-refractivity contribution in [2.45, 2.75) is 45.3 Å². The summed E-state index contributed by atoms with van der Waals surface area (Å²) < 4.78 is 5.63. The van der Waals surface area contributed by atoms with Crippen LogP contribution in [0.3, 0.4) is 0 Å². The lowest BCUT2D eigenvalue weighted by atomic mass is 9.94. The maximum Gasteiger partial charge on any atom is 0.216 e. The maximum absolute atomic E-state index is 10.6. The molecule has 1 amide bonds. The third kappa shape index (κ3) is 5.14. The van der Waals surface area contributed by atoms with Crippen LogP contribution in [0.2, 0.25) is 0 Å². The lowest BCUT2D eigenvalue weighted by molar-refractivity contribution is -0.118. The average molecular weight is 214 g/mol. The number of rotatable bonds is 4. The van der Waals surface area contributed by atoms with E-state index in [0.29, 0.717) is 12.6 Å². The first-order valence-electron chi connectivity index (χ1n) is 5.61. The topological polar surface area (TPSA) is 50.4 Å². The highest BCUT2D eigenvalue weighted by Crippen LogP contribution is 2.23. The molecule has 0 spiro atoms. The van der Waals surface area contributed by atoms with Crippen molar-refractivity contribution in [2.24, 2.45) is 0 Å². The van der Waals surface area contributed by atoms with Crippen LogP contribution in [0.15, 0.2) is 0 Å². The smallest absolute Gasteiger partial charge is 0.216 e. The second kappa shape index (κ2) is 5.47. The van der Waals surface area contributed by atoms with Crippen molar-refractivity contribution in [3.8, 4) is 0 Å². The number of hydrogen-bond donors (Lipinski definition) is 2. The van der Waals surface area contributed by atoms with E-state index in [9.17, 15) is 4.79 Å². The molecule has 0 aromatic rings. The van der Waals surface area contributed by atoms with Gasteiger partial charge in [-0.15, -0.1) is 0 Å². The van der Waals surface area contributed by atoms with E-state index < -0.39 is 0 Å². The molecule has 1 aliphatic rings. The molecule has 88 valence electrons. The molecule has 1 atom stereocenters. The SMILES string of the molecule is CC(=O)NCCNC1CCOC(C)(C)C1. The Kier molecular flexibility index (Phi) is 4.54. The van der Waals surface area contributed by atoms with Gasteiger partial charge in [0.1, 0.15) is 0 Å². The first kappa shape index (κ1) is 12.5.